The molecule has 2 N–H and O–H groups in total. The molecule has 22 heavy (non-hydrogen) atoms. The van der Waals surface area contributed by atoms with E-state index >= 15 is 0 Å². The molecule has 0 bridgehead atoms. The Balaban J connectivity index is 1.87. The van der Waals surface area contributed by atoms with Crippen molar-refractivity contribution < 1.29 is 4.74 Å². The summed E-state index contributed by atoms with van der Waals surface area (Å²) in [5, 5.41) is 7.15. The van der Waals surface area contributed by atoms with Crippen LogP contribution < -0.4 is 15.4 Å². The highest BCUT2D eigenvalue weighted by molar-refractivity contribution is 7.80. The molecule has 0 saturated carbocycles. The summed E-state index contributed by atoms with van der Waals surface area (Å²) in [6.45, 7) is 2.66. The topological polar surface area (TPSA) is 33.3 Å². The number of hydrogen-bond donors (Lipinski definition) is 2. The third-order valence-electron chi connectivity index (χ3n) is 3.50. The molecule has 1 aliphatic heterocycles. The van der Waals surface area contributed by atoms with Crippen molar-refractivity contribution in [1.29, 1.82) is 0 Å². The second kappa shape index (κ2) is 6.62. The molecule has 112 valence electrons. The van der Waals surface area contributed by atoms with Crippen LogP contribution in [-0.2, 0) is 0 Å². The first-order valence-corrected chi connectivity index (χ1v) is 7.74. The zero-order chi connectivity index (χ0) is 15.4. The first kappa shape index (κ1) is 14.6. The van der Waals surface area contributed by atoms with Crippen molar-refractivity contribution in [3.8, 4) is 5.75 Å². The first-order valence-electron chi connectivity index (χ1n) is 7.34. The van der Waals surface area contributed by atoms with Crippen LogP contribution >= 0.6 is 12.2 Å². The molecule has 4 heteroatoms. The fourth-order valence-electron chi connectivity index (χ4n) is 2.45. The average molecular weight is 310 g/mol. The number of benzene rings is 2. The molecule has 0 fully saturated rings. The summed E-state index contributed by atoms with van der Waals surface area (Å²) in [4.78, 5) is 0. The van der Waals surface area contributed by atoms with Crippen molar-refractivity contribution in [3.05, 3.63) is 71.8 Å². The molecule has 0 saturated heterocycles. The molecule has 0 spiro atoms. The standard InChI is InChI=1S/C18H18N2OS/c1-2-21-15-10-8-14(9-11-15)17-12-16(19-18(22)20-17)13-6-4-3-5-7-13/h3-12,17H,2H2,1H3,(H2,19,20,22)/t17-/m0/s1. The lowest BCUT2D eigenvalue weighted by Gasteiger charge is -2.26. The predicted octanol–water partition coefficient (Wildman–Crippen LogP) is 3.65. The number of ether oxygens (including phenoxy) is 1. The van der Waals surface area contributed by atoms with Crippen molar-refractivity contribution in [2.75, 3.05) is 6.61 Å². The van der Waals surface area contributed by atoms with E-state index in [2.05, 4.69) is 41.0 Å². The average Bonchev–Trinajstić information content (AvgIpc) is 2.56. The summed E-state index contributed by atoms with van der Waals surface area (Å²) in [7, 11) is 0. The van der Waals surface area contributed by atoms with Gasteiger partial charge in [-0.3, -0.25) is 0 Å². The second-order valence-electron chi connectivity index (χ2n) is 5.02. The molecule has 0 radical (unpaired) electrons. The summed E-state index contributed by atoms with van der Waals surface area (Å²) in [6, 6.07) is 18.4. The van der Waals surface area contributed by atoms with Crippen molar-refractivity contribution in [1.82, 2.24) is 10.6 Å². The van der Waals surface area contributed by atoms with Crippen molar-refractivity contribution in [2.24, 2.45) is 0 Å². The first-order chi connectivity index (χ1) is 10.8. The smallest absolute Gasteiger partial charge is 0.171 e. The summed E-state index contributed by atoms with van der Waals surface area (Å²) >= 11 is 5.34. The quantitative estimate of drug-likeness (QED) is 0.845. The van der Waals surface area contributed by atoms with Gasteiger partial charge in [0.15, 0.2) is 5.11 Å². The molecule has 1 aliphatic rings. The Bertz CT molecular complexity index is 680. The largest absolute Gasteiger partial charge is 0.494 e. The molecule has 0 aromatic heterocycles. The summed E-state index contributed by atoms with van der Waals surface area (Å²) in [5.41, 5.74) is 3.31. The molecular formula is C18H18N2OS. The maximum atomic E-state index is 5.49. The van der Waals surface area contributed by atoms with E-state index in [-0.39, 0.29) is 6.04 Å². The lowest BCUT2D eigenvalue weighted by molar-refractivity contribution is 0.340. The highest BCUT2D eigenvalue weighted by atomic mass is 32.1. The fraction of sp³-hybridized carbons (Fsp3) is 0.167. The van der Waals surface area contributed by atoms with Crippen molar-refractivity contribution in [3.63, 3.8) is 0 Å². The van der Waals surface area contributed by atoms with Crippen LogP contribution in [0.2, 0.25) is 0 Å². The zero-order valence-corrected chi connectivity index (χ0v) is 13.2. The highest BCUT2D eigenvalue weighted by Crippen LogP contribution is 2.24. The van der Waals surface area contributed by atoms with Gasteiger partial charge >= 0.3 is 0 Å². The number of thiocarbonyl (C=S) groups is 1. The van der Waals surface area contributed by atoms with E-state index in [1.54, 1.807) is 0 Å². The van der Waals surface area contributed by atoms with Crippen LogP contribution in [-0.4, -0.2) is 11.7 Å². The van der Waals surface area contributed by atoms with E-state index in [4.69, 9.17) is 17.0 Å². The summed E-state index contributed by atoms with van der Waals surface area (Å²) in [6.07, 6.45) is 2.15. The molecule has 2 aromatic carbocycles. The zero-order valence-electron chi connectivity index (χ0n) is 12.4. The molecule has 0 amide bonds. The van der Waals surface area contributed by atoms with Gasteiger partial charge in [0.25, 0.3) is 0 Å². The van der Waals surface area contributed by atoms with Gasteiger partial charge in [-0.1, -0.05) is 42.5 Å². The van der Waals surface area contributed by atoms with Gasteiger partial charge in [0.1, 0.15) is 5.75 Å². The van der Waals surface area contributed by atoms with Crippen LogP contribution in [0.5, 0.6) is 5.75 Å². The monoisotopic (exact) mass is 310 g/mol. The van der Waals surface area contributed by atoms with Gasteiger partial charge < -0.3 is 15.4 Å². The Labute approximate surface area is 136 Å². The molecule has 3 rings (SSSR count). The van der Waals surface area contributed by atoms with Gasteiger partial charge in [-0.15, -0.1) is 0 Å². The molecule has 2 aromatic rings. The van der Waals surface area contributed by atoms with E-state index in [0.29, 0.717) is 11.7 Å². The Kier molecular flexibility index (Phi) is 4.39. The van der Waals surface area contributed by atoms with Gasteiger partial charge in [-0.05, 0) is 48.5 Å². The van der Waals surface area contributed by atoms with E-state index in [1.165, 1.54) is 0 Å². The third kappa shape index (κ3) is 3.28. The number of hydrogen-bond acceptors (Lipinski definition) is 2. The lowest BCUT2D eigenvalue weighted by Crippen LogP contribution is -2.40. The third-order valence-corrected chi connectivity index (χ3v) is 3.72. The fourth-order valence-corrected chi connectivity index (χ4v) is 2.69. The Morgan fingerprint density at radius 1 is 1.05 bits per heavy atom. The van der Waals surface area contributed by atoms with Crippen LogP contribution in [0.4, 0.5) is 0 Å². The van der Waals surface area contributed by atoms with Crippen molar-refractivity contribution >= 4 is 23.0 Å². The Hall–Kier alpha value is -2.33. The Morgan fingerprint density at radius 2 is 1.77 bits per heavy atom. The van der Waals surface area contributed by atoms with Crippen LogP contribution in [0.15, 0.2) is 60.7 Å². The normalized spacial score (nSPS) is 17.2. The van der Waals surface area contributed by atoms with E-state index < -0.39 is 0 Å². The van der Waals surface area contributed by atoms with Gasteiger partial charge in [0, 0.05) is 5.70 Å². The molecule has 0 aliphatic carbocycles. The van der Waals surface area contributed by atoms with E-state index in [1.807, 2.05) is 37.3 Å². The van der Waals surface area contributed by atoms with Crippen LogP contribution in [0.25, 0.3) is 5.70 Å². The minimum absolute atomic E-state index is 0.0552. The highest BCUT2D eigenvalue weighted by Gasteiger charge is 2.18. The SMILES string of the molecule is CCOc1ccc([C@@H]2C=C(c3ccccc3)NC(=S)N2)cc1. The number of rotatable bonds is 4. The van der Waals surface area contributed by atoms with Gasteiger partial charge in [0.2, 0.25) is 0 Å². The molecule has 0 unspecified atom stereocenters. The summed E-state index contributed by atoms with van der Waals surface area (Å²) < 4.78 is 5.49. The maximum Gasteiger partial charge on any atom is 0.171 e. The molecule has 1 heterocycles. The van der Waals surface area contributed by atoms with E-state index in [0.717, 1.165) is 22.6 Å². The van der Waals surface area contributed by atoms with Gasteiger partial charge in [-0.25, -0.2) is 0 Å². The van der Waals surface area contributed by atoms with Gasteiger partial charge in [0.05, 0.1) is 12.6 Å². The van der Waals surface area contributed by atoms with E-state index in [9.17, 15) is 0 Å². The summed E-state index contributed by atoms with van der Waals surface area (Å²) in [5.74, 6) is 0.884. The van der Waals surface area contributed by atoms with Crippen LogP contribution in [0.1, 0.15) is 24.1 Å². The molecule has 1 atom stereocenters. The maximum absolute atomic E-state index is 5.49. The Morgan fingerprint density at radius 3 is 2.45 bits per heavy atom. The van der Waals surface area contributed by atoms with Crippen LogP contribution in [0.3, 0.4) is 0 Å². The minimum atomic E-state index is 0.0552. The van der Waals surface area contributed by atoms with Crippen LogP contribution in [0, 0.1) is 0 Å². The molecule has 3 nitrogen and oxygen atoms in total. The number of nitrogens with one attached hydrogen (secondary N) is 2. The van der Waals surface area contributed by atoms with Gasteiger partial charge in [-0.2, -0.15) is 0 Å². The lowest BCUT2D eigenvalue weighted by atomic mass is 10.0. The predicted molar refractivity (Wildman–Crippen MR) is 93.6 cm³/mol. The minimum Gasteiger partial charge on any atom is -0.494 e. The van der Waals surface area contributed by atoms with Crippen molar-refractivity contribution in [2.45, 2.75) is 13.0 Å². The second-order valence-corrected chi connectivity index (χ2v) is 5.43. The molecular weight excluding hydrogens is 292 g/mol.